The van der Waals surface area contributed by atoms with E-state index in [1.54, 1.807) is 68.0 Å². The number of fused-ring (bicyclic) bond motifs is 1. The van der Waals surface area contributed by atoms with E-state index in [4.69, 9.17) is 32.7 Å². The molecular weight excluding hydrogens is 643 g/mol. The van der Waals surface area contributed by atoms with Crippen molar-refractivity contribution in [3.05, 3.63) is 112 Å². The van der Waals surface area contributed by atoms with Crippen LogP contribution < -0.4 is 30.3 Å². The van der Waals surface area contributed by atoms with E-state index < -0.39 is 11.9 Å². The van der Waals surface area contributed by atoms with Crippen molar-refractivity contribution in [2.45, 2.75) is 13.5 Å². The van der Waals surface area contributed by atoms with E-state index in [-0.39, 0.29) is 24.1 Å². The molecule has 3 N–H and O–H groups in total. The molecule has 2 heterocycles. The number of ether oxygens (including phenoxy) is 2. The van der Waals surface area contributed by atoms with Crippen molar-refractivity contribution in [2.24, 2.45) is 0 Å². The Balaban J connectivity index is 1.21. The van der Waals surface area contributed by atoms with Crippen LogP contribution in [0, 0.1) is 6.92 Å². The van der Waals surface area contributed by atoms with Crippen LogP contribution in [0.25, 0.3) is 10.9 Å². The third-order valence-electron chi connectivity index (χ3n) is 7.11. The average Bonchev–Trinajstić information content (AvgIpc) is 3.07. The van der Waals surface area contributed by atoms with Gasteiger partial charge in [0.2, 0.25) is 5.91 Å². The lowest BCUT2D eigenvalue weighted by Crippen LogP contribution is -2.40. The maximum Gasteiger partial charge on any atom is 0.319 e. The third-order valence-corrected chi connectivity index (χ3v) is 7.88. The molecule has 0 aliphatic carbocycles. The van der Waals surface area contributed by atoms with E-state index in [2.05, 4.69) is 25.9 Å². The van der Waals surface area contributed by atoms with Gasteiger partial charge in [0.25, 0.3) is 5.91 Å². The number of pyridine rings is 2. The Morgan fingerprint density at radius 1 is 0.894 bits per heavy atom. The first kappa shape index (κ1) is 33.0. The van der Waals surface area contributed by atoms with Crippen molar-refractivity contribution >= 4 is 69.0 Å². The fraction of sp³-hybridized carbons (Fsp3) is 0.147. The summed E-state index contributed by atoms with van der Waals surface area (Å²) in [5.41, 5.74) is 3.53. The van der Waals surface area contributed by atoms with Crippen molar-refractivity contribution in [3.63, 3.8) is 0 Å². The predicted molar refractivity (Wildman–Crippen MR) is 183 cm³/mol. The van der Waals surface area contributed by atoms with Gasteiger partial charge in [0.1, 0.15) is 23.6 Å². The highest BCUT2D eigenvalue weighted by molar-refractivity contribution is 6.38. The van der Waals surface area contributed by atoms with Gasteiger partial charge in [0, 0.05) is 64.1 Å². The van der Waals surface area contributed by atoms with Gasteiger partial charge in [-0.2, -0.15) is 0 Å². The van der Waals surface area contributed by atoms with Crippen LogP contribution >= 0.6 is 23.2 Å². The molecule has 47 heavy (non-hydrogen) atoms. The summed E-state index contributed by atoms with van der Waals surface area (Å²) in [6.07, 6.45) is 3.13. The molecular formula is C34H30Cl2N6O5. The summed E-state index contributed by atoms with van der Waals surface area (Å²) >= 11 is 13.2. The summed E-state index contributed by atoms with van der Waals surface area (Å²) in [6, 6.07) is 19.7. The number of amides is 4. The van der Waals surface area contributed by atoms with Gasteiger partial charge in [-0.05, 0) is 61.5 Å². The minimum absolute atomic E-state index is 0.00485. The Bertz CT molecular complexity index is 1960. The Hall–Kier alpha value is -5.39. The Morgan fingerprint density at radius 2 is 1.66 bits per heavy atom. The SMILES string of the molecule is COc1cc(C)nc2c(OCc3c(Cl)ccc(N(C)C(=O)CNC(=O)Nc4cccc(C(=O)Nc5ccncc5)c4)c3Cl)cccc12. The number of carbonyl (C=O) groups is 3. The normalized spacial score (nSPS) is 10.7. The van der Waals surface area contributed by atoms with Gasteiger partial charge >= 0.3 is 6.03 Å². The van der Waals surface area contributed by atoms with Crippen LogP contribution in [0.2, 0.25) is 10.0 Å². The lowest BCUT2D eigenvalue weighted by Gasteiger charge is -2.21. The molecule has 0 atom stereocenters. The number of aromatic nitrogens is 2. The summed E-state index contributed by atoms with van der Waals surface area (Å²) < 4.78 is 11.6. The fourth-order valence-corrected chi connectivity index (χ4v) is 5.29. The molecule has 5 rings (SSSR count). The second-order valence-electron chi connectivity index (χ2n) is 10.3. The first-order chi connectivity index (χ1) is 22.6. The van der Waals surface area contributed by atoms with Crippen LogP contribution in [-0.4, -0.2) is 48.5 Å². The number of para-hydroxylation sites is 1. The zero-order valence-electron chi connectivity index (χ0n) is 25.6. The van der Waals surface area contributed by atoms with Crippen molar-refractivity contribution in [1.29, 1.82) is 0 Å². The molecule has 2 aromatic heterocycles. The standard InChI is InChI=1S/C34H30Cl2N6O5/c1-20-16-29(46-3)24-8-5-9-28(32(24)39-20)47-19-25-26(35)10-11-27(31(25)36)42(2)30(43)18-38-34(45)41-23-7-4-6-21(17-23)33(44)40-22-12-14-37-15-13-22/h4-17H,18-19H2,1-3H3,(H,37,40,44)(H2,38,41,45). The monoisotopic (exact) mass is 672 g/mol. The summed E-state index contributed by atoms with van der Waals surface area (Å²) in [6.45, 7) is 1.54. The molecule has 0 spiro atoms. The fourth-order valence-electron chi connectivity index (χ4n) is 4.69. The van der Waals surface area contributed by atoms with E-state index in [9.17, 15) is 14.4 Å². The molecule has 0 fully saturated rings. The van der Waals surface area contributed by atoms with Gasteiger partial charge in [-0.1, -0.05) is 35.3 Å². The van der Waals surface area contributed by atoms with Crippen LogP contribution in [0.5, 0.6) is 11.5 Å². The molecule has 0 unspecified atom stereocenters. The summed E-state index contributed by atoms with van der Waals surface area (Å²) in [7, 11) is 3.13. The average molecular weight is 674 g/mol. The lowest BCUT2D eigenvalue weighted by molar-refractivity contribution is -0.117. The van der Waals surface area contributed by atoms with E-state index in [0.29, 0.717) is 50.2 Å². The van der Waals surface area contributed by atoms with Gasteiger partial charge in [0.15, 0.2) is 0 Å². The van der Waals surface area contributed by atoms with Crippen molar-refractivity contribution in [2.75, 3.05) is 36.2 Å². The molecule has 240 valence electrons. The maximum absolute atomic E-state index is 13.1. The Labute approximate surface area is 280 Å². The number of rotatable bonds is 10. The van der Waals surface area contributed by atoms with Crippen LogP contribution in [0.1, 0.15) is 21.6 Å². The molecule has 0 radical (unpaired) electrons. The second kappa shape index (κ2) is 14.8. The number of anilines is 3. The number of hydrogen-bond donors (Lipinski definition) is 3. The highest BCUT2D eigenvalue weighted by Gasteiger charge is 2.20. The molecule has 5 aromatic rings. The number of hydrogen-bond acceptors (Lipinski definition) is 7. The smallest absolute Gasteiger partial charge is 0.319 e. The lowest BCUT2D eigenvalue weighted by atomic mass is 10.1. The molecule has 0 aliphatic rings. The molecule has 11 nitrogen and oxygen atoms in total. The molecule has 0 bridgehead atoms. The second-order valence-corrected chi connectivity index (χ2v) is 11.1. The largest absolute Gasteiger partial charge is 0.496 e. The number of carbonyl (C=O) groups excluding carboxylic acids is 3. The number of methoxy groups -OCH3 is 1. The molecule has 0 aliphatic heterocycles. The minimum Gasteiger partial charge on any atom is -0.496 e. The third kappa shape index (κ3) is 7.89. The maximum atomic E-state index is 13.1. The van der Waals surface area contributed by atoms with Crippen LogP contribution in [-0.2, 0) is 11.4 Å². The number of aryl methyl sites for hydroxylation is 1. The summed E-state index contributed by atoms with van der Waals surface area (Å²) in [4.78, 5) is 48.1. The number of urea groups is 1. The Kier molecular flexibility index (Phi) is 10.4. The molecule has 0 saturated heterocycles. The zero-order chi connectivity index (χ0) is 33.5. The molecule has 3 aromatic carbocycles. The Morgan fingerprint density at radius 3 is 2.43 bits per heavy atom. The number of halogens is 2. The van der Waals surface area contributed by atoms with Gasteiger partial charge in [-0.15, -0.1) is 0 Å². The topological polar surface area (TPSA) is 135 Å². The number of benzene rings is 3. The van der Waals surface area contributed by atoms with Crippen LogP contribution in [0.4, 0.5) is 21.9 Å². The zero-order valence-corrected chi connectivity index (χ0v) is 27.1. The van der Waals surface area contributed by atoms with Gasteiger partial charge in [0.05, 0.1) is 24.4 Å². The molecule has 13 heteroatoms. The summed E-state index contributed by atoms with van der Waals surface area (Å²) in [5, 5.41) is 9.30. The predicted octanol–water partition coefficient (Wildman–Crippen LogP) is 6.87. The van der Waals surface area contributed by atoms with Crippen LogP contribution in [0.3, 0.4) is 0 Å². The van der Waals surface area contributed by atoms with Gasteiger partial charge < -0.3 is 30.3 Å². The minimum atomic E-state index is -0.634. The highest BCUT2D eigenvalue weighted by atomic mass is 35.5. The van der Waals surface area contributed by atoms with Crippen molar-refractivity contribution in [3.8, 4) is 11.5 Å². The first-order valence-electron chi connectivity index (χ1n) is 14.3. The molecule has 0 saturated carbocycles. The molecule has 4 amide bonds. The van der Waals surface area contributed by atoms with E-state index in [1.807, 2.05) is 25.1 Å². The van der Waals surface area contributed by atoms with Crippen molar-refractivity contribution in [1.82, 2.24) is 15.3 Å². The van der Waals surface area contributed by atoms with E-state index in [0.717, 1.165) is 11.1 Å². The quantitative estimate of drug-likeness (QED) is 0.147. The van der Waals surface area contributed by atoms with Crippen LogP contribution in [0.15, 0.2) is 85.2 Å². The number of nitrogens with zero attached hydrogens (tertiary/aromatic N) is 3. The summed E-state index contributed by atoms with van der Waals surface area (Å²) in [5.74, 6) is 0.395. The van der Waals surface area contributed by atoms with E-state index in [1.165, 1.54) is 18.0 Å². The van der Waals surface area contributed by atoms with Gasteiger partial charge in [-0.3, -0.25) is 14.6 Å². The highest BCUT2D eigenvalue weighted by Crippen LogP contribution is 2.36. The number of nitrogens with one attached hydrogen (secondary N) is 3. The van der Waals surface area contributed by atoms with Gasteiger partial charge in [-0.25, -0.2) is 9.78 Å². The van der Waals surface area contributed by atoms with E-state index >= 15 is 0 Å². The van der Waals surface area contributed by atoms with Crippen molar-refractivity contribution < 1.29 is 23.9 Å². The first-order valence-corrected chi connectivity index (χ1v) is 15.1. The number of likely N-dealkylation sites (N-methyl/N-ethyl adjacent to an activating group) is 1.